The number of rotatable bonds is 4. The molecule has 1 aromatic carbocycles. The normalized spacial score (nSPS) is 14.2. The third kappa shape index (κ3) is 4.21. The van der Waals surface area contributed by atoms with Gasteiger partial charge in [-0.05, 0) is 37.5 Å². The molecule has 6 heteroatoms. The second kappa shape index (κ2) is 7.88. The number of piperidine rings is 1. The fourth-order valence-corrected chi connectivity index (χ4v) is 2.87. The van der Waals surface area contributed by atoms with Crippen LogP contribution < -0.4 is 5.32 Å². The van der Waals surface area contributed by atoms with Crippen LogP contribution in [0.2, 0.25) is 0 Å². The topological polar surface area (TPSA) is 62.3 Å². The number of carbonyl (C=O) groups is 2. The Bertz CT molecular complexity index is 773. The predicted molar refractivity (Wildman–Crippen MR) is 91.6 cm³/mol. The van der Waals surface area contributed by atoms with Gasteiger partial charge in [-0.15, -0.1) is 0 Å². The highest BCUT2D eigenvalue weighted by atomic mass is 19.1. The van der Waals surface area contributed by atoms with Crippen LogP contribution >= 0.6 is 0 Å². The van der Waals surface area contributed by atoms with Crippen molar-refractivity contribution in [2.24, 2.45) is 0 Å². The Hall–Kier alpha value is -2.76. The lowest BCUT2D eigenvalue weighted by Crippen LogP contribution is -2.36. The zero-order valence-corrected chi connectivity index (χ0v) is 13.9. The van der Waals surface area contributed by atoms with Crippen LogP contribution in [0.3, 0.4) is 0 Å². The van der Waals surface area contributed by atoms with E-state index < -0.39 is 0 Å². The molecule has 0 radical (unpaired) electrons. The lowest BCUT2D eigenvalue weighted by molar-refractivity contribution is 0.0718. The highest BCUT2D eigenvalue weighted by molar-refractivity contribution is 5.98. The summed E-state index contributed by atoms with van der Waals surface area (Å²) in [6.07, 6.45) is 4.58. The first kappa shape index (κ1) is 17.1. The quantitative estimate of drug-likeness (QED) is 0.930. The van der Waals surface area contributed by atoms with E-state index in [2.05, 4.69) is 10.3 Å². The molecule has 1 aliphatic rings. The Morgan fingerprint density at radius 2 is 1.88 bits per heavy atom. The Morgan fingerprint density at radius 3 is 2.64 bits per heavy atom. The van der Waals surface area contributed by atoms with Crippen LogP contribution in [0.1, 0.15) is 45.7 Å². The lowest BCUT2D eigenvalue weighted by atomic mass is 10.1. The molecule has 2 aromatic rings. The number of nitrogens with zero attached hydrogens (tertiary/aromatic N) is 2. The summed E-state index contributed by atoms with van der Waals surface area (Å²) in [5.41, 5.74) is 1.02. The fraction of sp³-hybridized carbons (Fsp3) is 0.316. The summed E-state index contributed by atoms with van der Waals surface area (Å²) >= 11 is 0. The zero-order chi connectivity index (χ0) is 17.6. The molecule has 1 aliphatic heterocycles. The fourth-order valence-electron chi connectivity index (χ4n) is 2.87. The highest BCUT2D eigenvalue weighted by Crippen LogP contribution is 2.13. The summed E-state index contributed by atoms with van der Waals surface area (Å²) in [6.45, 7) is 1.54. The second-order valence-electron chi connectivity index (χ2n) is 6.06. The third-order valence-corrected chi connectivity index (χ3v) is 4.28. The van der Waals surface area contributed by atoms with Crippen molar-refractivity contribution in [3.63, 3.8) is 0 Å². The number of halogens is 1. The molecule has 0 aliphatic carbocycles. The third-order valence-electron chi connectivity index (χ3n) is 4.28. The molecule has 5 nitrogen and oxygen atoms in total. The average molecular weight is 341 g/mol. The minimum Gasteiger partial charge on any atom is -0.348 e. The predicted octanol–water partition coefficient (Wildman–Crippen LogP) is 2.78. The van der Waals surface area contributed by atoms with Crippen LogP contribution in [0.5, 0.6) is 0 Å². The number of amides is 2. The van der Waals surface area contributed by atoms with E-state index in [1.165, 1.54) is 18.3 Å². The molecule has 0 bridgehead atoms. The van der Waals surface area contributed by atoms with Gasteiger partial charge in [0.25, 0.3) is 11.8 Å². The Morgan fingerprint density at radius 1 is 1.12 bits per heavy atom. The second-order valence-corrected chi connectivity index (χ2v) is 6.06. The molecule has 2 heterocycles. The summed E-state index contributed by atoms with van der Waals surface area (Å²) < 4.78 is 13.6. The molecule has 0 spiro atoms. The van der Waals surface area contributed by atoms with Crippen molar-refractivity contribution in [1.29, 1.82) is 0 Å². The van der Waals surface area contributed by atoms with Crippen LogP contribution in [0.25, 0.3) is 0 Å². The van der Waals surface area contributed by atoms with Crippen LogP contribution in [0.15, 0.2) is 42.6 Å². The number of benzene rings is 1. The standard InChI is InChI=1S/C19H20FN3O2/c20-16-7-3-2-6-15(16)13-22-18(24)14-8-9-21-17(12-14)19(25)23-10-4-1-5-11-23/h2-3,6-9,12H,1,4-5,10-11,13H2,(H,22,24). The Balaban J connectivity index is 1.67. The number of hydrogen-bond donors (Lipinski definition) is 1. The van der Waals surface area contributed by atoms with Crippen molar-refractivity contribution in [1.82, 2.24) is 15.2 Å². The molecule has 1 N–H and O–H groups in total. The van der Waals surface area contributed by atoms with E-state index in [-0.39, 0.29) is 29.9 Å². The van der Waals surface area contributed by atoms with Gasteiger partial charge in [-0.2, -0.15) is 0 Å². The van der Waals surface area contributed by atoms with Gasteiger partial charge in [0, 0.05) is 37.0 Å². The first-order chi connectivity index (χ1) is 12.1. The van der Waals surface area contributed by atoms with Crippen molar-refractivity contribution >= 4 is 11.8 Å². The Kier molecular flexibility index (Phi) is 5.38. The van der Waals surface area contributed by atoms with Gasteiger partial charge in [0.05, 0.1) is 0 Å². The van der Waals surface area contributed by atoms with E-state index in [0.29, 0.717) is 11.1 Å². The van der Waals surface area contributed by atoms with Gasteiger partial charge in [0.2, 0.25) is 0 Å². The molecule has 0 saturated carbocycles. The molecule has 2 amide bonds. The largest absolute Gasteiger partial charge is 0.348 e. The van der Waals surface area contributed by atoms with Crippen LogP contribution in [-0.2, 0) is 6.54 Å². The molecule has 0 unspecified atom stereocenters. The zero-order valence-electron chi connectivity index (χ0n) is 13.9. The maximum Gasteiger partial charge on any atom is 0.272 e. The lowest BCUT2D eigenvalue weighted by Gasteiger charge is -2.26. The molecule has 1 aromatic heterocycles. The van der Waals surface area contributed by atoms with E-state index in [1.807, 2.05) is 0 Å². The first-order valence-electron chi connectivity index (χ1n) is 8.42. The minimum absolute atomic E-state index is 0.0865. The van der Waals surface area contributed by atoms with E-state index >= 15 is 0 Å². The van der Waals surface area contributed by atoms with Crippen molar-refractivity contribution in [2.45, 2.75) is 25.8 Å². The number of carbonyl (C=O) groups excluding carboxylic acids is 2. The first-order valence-corrected chi connectivity index (χ1v) is 8.42. The van der Waals surface area contributed by atoms with Crippen molar-refractivity contribution in [3.8, 4) is 0 Å². The Labute approximate surface area is 145 Å². The van der Waals surface area contributed by atoms with Crippen molar-refractivity contribution < 1.29 is 14.0 Å². The smallest absolute Gasteiger partial charge is 0.272 e. The molecule has 1 fully saturated rings. The van der Waals surface area contributed by atoms with Gasteiger partial charge in [-0.3, -0.25) is 14.6 Å². The molecule has 130 valence electrons. The average Bonchev–Trinajstić information content (AvgIpc) is 2.67. The molecule has 25 heavy (non-hydrogen) atoms. The van der Waals surface area contributed by atoms with E-state index in [4.69, 9.17) is 0 Å². The van der Waals surface area contributed by atoms with E-state index in [0.717, 1.165) is 32.4 Å². The van der Waals surface area contributed by atoms with Gasteiger partial charge in [-0.25, -0.2) is 4.39 Å². The van der Waals surface area contributed by atoms with Crippen molar-refractivity contribution in [3.05, 3.63) is 65.2 Å². The van der Waals surface area contributed by atoms with Crippen LogP contribution in [0, 0.1) is 5.82 Å². The highest BCUT2D eigenvalue weighted by Gasteiger charge is 2.20. The molecular weight excluding hydrogens is 321 g/mol. The van der Waals surface area contributed by atoms with Gasteiger partial charge >= 0.3 is 0 Å². The maximum absolute atomic E-state index is 13.6. The number of pyridine rings is 1. The number of likely N-dealkylation sites (tertiary alicyclic amines) is 1. The van der Waals surface area contributed by atoms with Crippen LogP contribution in [0.4, 0.5) is 4.39 Å². The maximum atomic E-state index is 13.6. The van der Waals surface area contributed by atoms with Gasteiger partial charge < -0.3 is 10.2 Å². The SMILES string of the molecule is O=C(NCc1ccccc1F)c1ccnc(C(=O)N2CCCCC2)c1. The summed E-state index contributed by atoms with van der Waals surface area (Å²) in [6, 6.07) is 9.32. The minimum atomic E-state index is -0.363. The van der Waals surface area contributed by atoms with E-state index in [9.17, 15) is 14.0 Å². The van der Waals surface area contributed by atoms with Gasteiger partial charge in [-0.1, -0.05) is 18.2 Å². The summed E-state index contributed by atoms with van der Waals surface area (Å²) in [7, 11) is 0. The van der Waals surface area contributed by atoms with Gasteiger partial charge in [0.1, 0.15) is 11.5 Å². The monoisotopic (exact) mass is 341 g/mol. The number of nitrogens with one attached hydrogen (secondary N) is 1. The summed E-state index contributed by atoms with van der Waals surface area (Å²) in [4.78, 5) is 30.6. The number of hydrogen-bond acceptors (Lipinski definition) is 3. The molecule has 1 saturated heterocycles. The van der Waals surface area contributed by atoms with Gasteiger partial charge in [0.15, 0.2) is 0 Å². The molecule has 0 atom stereocenters. The number of aromatic nitrogens is 1. The van der Waals surface area contributed by atoms with Crippen LogP contribution in [-0.4, -0.2) is 34.8 Å². The molecular formula is C19H20FN3O2. The molecule has 3 rings (SSSR count). The van der Waals surface area contributed by atoms with E-state index in [1.54, 1.807) is 29.2 Å². The van der Waals surface area contributed by atoms with Crippen molar-refractivity contribution in [2.75, 3.05) is 13.1 Å². The summed E-state index contributed by atoms with van der Waals surface area (Å²) in [5, 5.41) is 2.67. The summed E-state index contributed by atoms with van der Waals surface area (Å²) in [5.74, 6) is -0.875.